The minimum Gasteiger partial charge on any atom is -0.464 e. The number of unbranched alkanes of at least 4 members (excludes halogenated alkanes) is 1. The van der Waals surface area contributed by atoms with Gasteiger partial charge in [0, 0.05) is 227 Å². The second-order valence-electron chi connectivity index (χ2n) is 29.3. The lowest BCUT2D eigenvalue weighted by atomic mass is 9.67. The Hall–Kier alpha value is -5.10. The first kappa shape index (κ1) is 93.9. The molecule has 0 spiro atoms. The molecule has 0 aromatic carbocycles. The van der Waals surface area contributed by atoms with E-state index in [0.29, 0.717) is 168 Å². The predicted molar refractivity (Wildman–Crippen MR) is 393 cm³/mol. The number of esters is 2. The summed E-state index contributed by atoms with van der Waals surface area (Å²) in [5.74, 6) is -7.08. The van der Waals surface area contributed by atoms with Crippen LogP contribution in [0.2, 0.25) is 0 Å². The second-order valence-corrected chi connectivity index (χ2v) is 29.3. The smallest absolute Gasteiger partial charge is 0.307 e. The Balaban J connectivity index is 6.51. The Morgan fingerprint density at radius 3 is 1.07 bits per heavy atom. The zero-order valence-electron chi connectivity index (χ0n) is 64.3. The average Bonchev–Trinajstić information content (AvgIpc) is 0.812. The number of amides is 5. The third-order valence-corrected chi connectivity index (χ3v) is 17.9. The SMILES string of the molecule is CCCCNC(=O)C(CC(=O)NCCNCCN)CC(C)(C)C(=O)CC(CC(C)(C)C(=O)C(CC(=O)NCCNCCNCCC(=O)OCCN(C(C)C)C(C)C)CC(C)(C)C(=O)CC(CC)C(=O)NCCNCCNCCC(=O)OCCN(C(C)C)C(C)C)C(=O)NCCNCCN. The van der Waals surface area contributed by atoms with Gasteiger partial charge in [-0.25, -0.2) is 0 Å². The number of nitrogens with zero attached hydrogens (tertiary/aromatic N) is 2. The minimum absolute atomic E-state index is 0.000165. The van der Waals surface area contributed by atoms with Crippen molar-refractivity contribution in [1.82, 2.24) is 68.3 Å². The molecule has 0 radical (unpaired) electrons. The van der Waals surface area contributed by atoms with E-state index in [9.17, 15) is 43.2 Å². The van der Waals surface area contributed by atoms with E-state index in [1.807, 2.05) is 13.8 Å². The van der Waals surface area contributed by atoms with Gasteiger partial charge in [0.15, 0.2) is 0 Å². The molecule has 5 amide bonds. The molecule has 27 nitrogen and oxygen atoms in total. The number of nitrogens with two attached hydrogens (primary N) is 2. The van der Waals surface area contributed by atoms with Crippen molar-refractivity contribution >= 4 is 58.8 Å². The van der Waals surface area contributed by atoms with Crippen molar-refractivity contribution in [3.63, 3.8) is 0 Å². The van der Waals surface area contributed by atoms with E-state index in [1.54, 1.807) is 41.5 Å². The van der Waals surface area contributed by atoms with Gasteiger partial charge in [0.1, 0.15) is 30.6 Å². The van der Waals surface area contributed by atoms with E-state index in [-0.39, 0.29) is 118 Å². The number of Topliss-reactive ketones (excluding diaryl/α,β-unsaturated/α-hetero) is 3. The lowest BCUT2D eigenvalue weighted by molar-refractivity contribution is -0.145. The highest BCUT2D eigenvalue weighted by Gasteiger charge is 2.44. The summed E-state index contributed by atoms with van der Waals surface area (Å²) in [6, 6.07) is 1.38. The molecular weight excluding hydrogens is 1270 g/mol. The molecule has 0 aliphatic heterocycles. The molecule has 0 aliphatic carbocycles. The third kappa shape index (κ3) is 43.5. The van der Waals surface area contributed by atoms with Crippen molar-refractivity contribution in [3.05, 3.63) is 0 Å². The summed E-state index contributed by atoms with van der Waals surface area (Å²) < 4.78 is 10.9. The van der Waals surface area contributed by atoms with Crippen LogP contribution in [-0.2, 0) is 57.4 Å². The van der Waals surface area contributed by atoms with Gasteiger partial charge in [-0.2, -0.15) is 0 Å². The van der Waals surface area contributed by atoms with Crippen molar-refractivity contribution in [2.45, 2.75) is 212 Å². The number of carbonyl (C=O) groups excluding carboxylic acids is 10. The molecule has 15 N–H and O–H groups in total. The topological polar surface area (TPSA) is 380 Å². The Morgan fingerprint density at radius 2 is 0.687 bits per heavy atom. The van der Waals surface area contributed by atoms with E-state index in [1.165, 1.54) is 0 Å². The van der Waals surface area contributed by atoms with Crippen LogP contribution < -0.4 is 70.0 Å². The molecule has 27 heteroatoms. The van der Waals surface area contributed by atoms with Gasteiger partial charge < -0.3 is 79.4 Å². The Kier molecular flexibility index (Phi) is 50.9. The van der Waals surface area contributed by atoms with Gasteiger partial charge in [-0.05, 0) is 87.5 Å². The van der Waals surface area contributed by atoms with Crippen LogP contribution in [0, 0.1) is 39.9 Å². The first-order chi connectivity index (χ1) is 46.7. The van der Waals surface area contributed by atoms with Crippen LogP contribution in [0.1, 0.15) is 188 Å². The van der Waals surface area contributed by atoms with E-state index in [2.05, 4.69) is 124 Å². The number of ether oxygens (including phenoxy) is 2. The number of hydrogen-bond donors (Lipinski definition) is 13. The highest BCUT2D eigenvalue weighted by atomic mass is 16.5. The van der Waals surface area contributed by atoms with Gasteiger partial charge in [-0.1, -0.05) is 61.8 Å². The normalized spacial score (nSPS) is 13.4. The van der Waals surface area contributed by atoms with Crippen LogP contribution in [0.25, 0.3) is 0 Å². The zero-order valence-corrected chi connectivity index (χ0v) is 64.3. The van der Waals surface area contributed by atoms with Crippen LogP contribution in [0.15, 0.2) is 0 Å². The Bertz CT molecular complexity index is 2310. The van der Waals surface area contributed by atoms with Gasteiger partial charge in [0.05, 0.1) is 12.8 Å². The fourth-order valence-corrected chi connectivity index (χ4v) is 12.1. The molecule has 576 valence electrons. The summed E-state index contributed by atoms with van der Waals surface area (Å²) in [6.45, 7) is 41.2. The summed E-state index contributed by atoms with van der Waals surface area (Å²) in [7, 11) is 0. The Labute approximate surface area is 596 Å². The first-order valence-corrected chi connectivity index (χ1v) is 37.2. The van der Waals surface area contributed by atoms with Crippen molar-refractivity contribution in [2.24, 2.45) is 51.4 Å². The molecule has 0 saturated heterocycles. The van der Waals surface area contributed by atoms with E-state index >= 15 is 4.79 Å². The number of nitrogens with one attached hydrogen (secondary N) is 11. The summed E-state index contributed by atoms with van der Waals surface area (Å²) >= 11 is 0. The molecular formula is C72H141N15O12. The maximum atomic E-state index is 15.4. The number of carbonyl (C=O) groups is 10. The summed E-state index contributed by atoms with van der Waals surface area (Å²) in [4.78, 5) is 143. The summed E-state index contributed by atoms with van der Waals surface area (Å²) in [6.07, 6.45) is 1.35. The number of hydrogen-bond acceptors (Lipinski definition) is 22. The van der Waals surface area contributed by atoms with Crippen LogP contribution in [0.3, 0.4) is 0 Å². The standard InChI is InChI=1S/C72H141N15O12/c1-17-19-24-83-69(97)59(48-63(91)82-37-33-77-27-22-73)50-71(13,14)61(89)46-58(68(96)85-39-35-78-28-23-74)51-72(15,16)66(94)57(47-62(90)81-38-34-79-31-29-75-25-20-64(92)98-43-41-86(52(3)4)53(5)6)49-70(11,12)60(88)45-56(18-2)67(95)84-40-36-80-32-30-76-26-21-65(93)99-44-42-87(54(7)8)55(9)10/h52-59,75-80H,17-51,73-74H2,1-16H3,(H,81,90)(H,82,91)(H,83,97)(H,84,95)(H,85,96). The van der Waals surface area contributed by atoms with E-state index < -0.39 is 51.7 Å². The monoisotopic (exact) mass is 1410 g/mol. The zero-order chi connectivity index (χ0) is 75.0. The van der Waals surface area contributed by atoms with Crippen LogP contribution in [0.5, 0.6) is 0 Å². The van der Waals surface area contributed by atoms with Crippen LogP contribution in [0.4, 0.5) is 0 Å². The maximum Gasteiger partial charge on any atom is 0.307 e. The fourth-order valence-electron chi connectivity index (χ4n) is 12.1. The average molecular weight is 1410 g/mol. The molecule has 0 aromatic heterocycles. The van der Waals surface area contributed by atoms with Crippen LogP contribution >= 0.6 is 0 Å². The lowest BCUT2D eigenvalue weighted by Gasteiger charge is -2.35. The summed E-state index contributed by atoms with van der Waals surface area (Å²) in [5.41, 5.74) is 7.50. The second kappa shape index (κ2) is 53.7. The first-order valence-electron chi connectivity index (χ1n) is 37.2. The van der Waals surface area contributed by atoms with E-state index in [4.69, 9.17) is 20.9 Å². The molecule has 0 heterocycles. The molecule has 99 heavy (non-hydrogen) atoms. The molecule has 0 rings (SSSR count). The largest absolute Gasteiger partial charge is 0.464 e. The Morgan fingerprint density at radius 1 is 0.374 bits per heavy atom. The maximum absolute atomic E-state index is 15.4. The van der Waals surface area contributed by atoms with Gasteiger partial charge in [-0.3, -0.25) is 57.7 Å². The molecule has 0 aliphatic rings. The number of rotatable bonds is 63. The molecule has 0 fully saturated rings. The number of ketones is 3. The molecule has 0 saturated carbocycles. The summed E-state index contributed by atoms with van der Waals surface area (Å²) in [5, 5.41) is 33.9. The van der Waals surface area contributed by atoms with Gasteiger partial charge in [-0.15, -0.1) is 0 Å². The lowest BCUT2D eigenvalue weighted by Crippen LogP contribution is -2.44. The third-order valence-electron chi connectivity index (χ3n) is 17.9. The molecule has 4 atom stereocenters. The van der Waals surface area contributed by atoms with Crippen molar-refractivity contribution in [1.29, 1.82) is 0 Å². The van der Waals surface area contributed by atoms with E-state index in [0.717, 1.165) is 12.8 Å². The predicted octanol–water partition coefficient (Wildman–Crippen LogP) is 2.32. The minimum atomic E-state index is -1.35. The van der Waals surface area contributed by atoms with Crippen molar-refractivity contribution in [3.8, 4) is 0 Å². The highest BCUT2D eigenvalue weighted by molar-refractivity contribution is 5.95. The van der Waals surface area contributed by atoms with Gasteiger partial charge in [0.2, 0.25) is 29.5 Å². The van der Waals surface area contributed by atoms with Crippen molar-refractivity contribution < 1.29 is 57.4 Å². The van der Waals surface area contributed by atoms with Crippen LogP contribution in [-0.4, -0.2) is 243 Å². The van der Waals surface area contributed by atoms with Gasteiger partial charge >= 0.3 is 11.9 Å². The van der Waals surface area contributed by atoms with Crippen molar-refractivity contribution in [2.75, 3.05) is 151 Å². The molecule has 4 unspecified atom stereocenters. The molecule has 0 bridgehead atoms. The van der Waals surface area contributed by atoms with Gasteiger partial charge in [0.25, 0.3) is 0 Å². The fraction of sp³-hybridized carbons (Fsp3) is 0.861. The molecule has 0 aromatic rings. The highest BCUT2D eigenvalue weighted by Crippen LogP contribution is 2.40. The quantitative estimate of drug-likeness (QED) is 0.0307.